The molecular weight excluding hydrogens is 359 g/mol. The maximum atomic E-state index is 13.0. The van der Waals surface area contributed by atoms with Crippen molar-refractivity contribution >= 4 is 5.91 Å². The van der Waals surface area contributed by atoms with E-state index in [1.54, 1.807) is 12.1 Å². The van der Waals surface area contributed by atoms with Gasteiger partial charge in [0.25, 0.3) is 5.91 Å². The number of carbonyl (C=O) groups excluding carboxylic acids is 1. The third kappa shape index (κ3) is 4.43. The second-order valence-electron chi connectivity index (χ2n) is 6.91. The summed E-state index contributed by atoms with van der Waals surface area (Å²) in [6.45, 7) is 2.25. The first-order chi connectivity index (χ1) is 13.7. The van der Waals surface area contributed by atoms with E-state index >= 15 is 0 Å². The van der Waals surface area contributed by atoms with Crippen LogP contribution in [-0.4, -0.2) is 40.1 Å². The number of hydrogen-bond donors (Lipinski definition) is 1. The summed E-state index contributed by atoms with van der Waals surface area (Å²) >= 11 is 0. The summed E-state index contributed by atoms with van der Waals surface area (Å²) in [6.07, 6.45) is 1.75. The first kappa shape index (κ1) is 18.3. The normalized spacial score (nSPS) is 15.5. The van der Waals surface area contributed by atoms with Crippen molar-refractivity contribution in [3.63, 3.8) is 0 Å². The number of carbonyl (C=O) groups is 1. The number of benzene rings is 2. The highest BCUT2D eigenvalue weighted by Crippen LogP contribution is 2.18. The van der Waals surface area contributed by atoms with E-state index in [2.05, 4.69) is 20.4 Å². The van der Waals surface area contributed by atoms with Gasteiger partial charge in [0.1, 0.15) is 5.82 Å². The second kappa shape index (κ2) is 8.31. The van der Waals surface area contributed by atoms with Gasteiger partial charge < -0.3 is 9.84 Å². The zero-order chi connectivity index (χ0) is 19.3. The van der Waals surface area contributed by atoms with Gasteiger partial charge in [0.15, 0.2) is 0 Å². The van der Waals surface area contributed by atoms with Crippen molar-refractivity contribution in [2.75, 3.05) is 13.1 Å². The van der Waals surface area contributed by atoms with Crippen LogP contribution in [0.1, 0.15) is 29.1 Å². The third-order valence-electron chi connectivity index (χ3n) is 4.89. The molecular formula is C21H21FN4O2. The number of nitrogens with zero attached hydrogens (tertiary/aromatic N) is 3. The van der Waals surface area contributed by atoms with Crippen LogP contribution in [0.4, 0.5) is 4.39 Å². The maximum Gasteiger partial charge on any atom is 0.251 e. The molecule has 1 saturated heterocycles. The number of amides is 1. The number of nitrogens with one attached hydrogen (secondary N) is 1. The van der Waals surface area contributed by atoms with Gasteiger partial charge >= 0.3 is 0 Å². The van der Waals surface area contributed by atoms with E-state index < -0.39 is 0 Å². The minimum atomic E-state index is -0.297. The number of halogens is 1. The molecule has 1 aliphatic rings. The van der Waals surface area contributed by atoms with Crippen LogP contribution in [0.2, 0.25) is 0 Å². The lowest BCUT2D eigenvalue weighted by molar-refractivity contribution is 0.0904. The van der Waals surface area contributed by atoms with Crippen molar-refractivity contribution in [1.82, 2.24) is 20.4 Å². The molecule has 0 spiro atoms. The Hall–Kier alpha value is -3.06. The Kier molecular flexibility index (Phi) is 5.43. The van der Waals surface area contributed by atoms with Crippen LogP contribution >= 0.6 is 0 Å². The number of hydrogen-bond acceptors (Lipinski definition) is 5. The molecule has 0 aliphatic carbocycles. The van der Waals surface area contributed by atoms with Gasteiger partial charge in [-0.1, -0.05) is 23.4 Å². The van der Waals surface area contributed by atoms with Gasteiger partial charge in [-0.25, -0.2) is 4.39 Å². The average molecular weight is 380 g/mol. The molecule has 7 heteroatoms. The van der Waals surface area contributed by atoms with Crippen LogP contribution in [0, 0.1) is 5.82 Å². The van der Waals surface area contributed by atoms with Crippen LogP contribution in [-0.2, 0) is 6.54 Å². The predicted octanol–water partition coefficient (Wildman–Crippen LogP) is 3.27. The molecule has 2 aromatic carbocycles. The molecule has 4 rings (SSSR count). The highest BCUT2D eigenvalue weighted by Gasteiger charge is 2.22. The van der Waals surface area contributed by atoms with Gasteiger partial charge in [0.05, 0.1) is 6.54 Å². The Morgan fingerprint density at radius 2 is 1.82 bits per heavy atom. The zero-order valence-corrected chi connectivity index (χ0v) is 15.3. The highest BCUT2D eigenvalue weighted by molar-refractivity contribution is 5.94. The molecule has 28 heavy (non-hydrogen) atoms. The van der Waals surface area contributed by atoms with Gasteiger partial charge in [-0.05, 0) is 49.2 Å². The Labute approximate surface area is 162 Å². The fourth-order valence-corrected chi connectivity index (χ4v) is 3.32. The topological polar surface area (TPSA) is 71.3 Å². The quantitative estimate of drug-likeness (QED) is 0.736. The summed E-state index contributed by atoms with van der Waals surface area (Å²) < 4.78 is 18.4. The molecule has 0 saturated carbocycles. The molecule has 0 radical (unpaired) electrons. The maximum absolute atomic E-state index is 13.0. The van der Waals surface area contributed by atoms with Crippen LogP contribution in [0.3, 0.4) is 0 Å². The summed E-state index contributed by atoms with van der Waals surface area (Å²) in [5, 5.41) is 7.08. The van der Waals surface area contributed by atoms with E-state index in [0.717, 1.165) is 31.5 Å². The molecule has 3 aromatic rings. The van der Waals surface area contributed by atoms with Crippen molar-refractivity contribution in [3.8, 4) is 11.4 Å². The molecule has 0 atom stereocenters. The number of rotatable bonds is 5. The van der Waals surface area contributed by atoms with Crippen molar-refractivity contribution in [3.05, 3.63) is 71.9 Å². The summed E-state index contributed by atoms with van der Waals surface area (Å²) in [6, 6.07) is 15.4. The molecule has 1 fully saturated rings. The van der Waals surface area contributed by atoms with Crippen molar-refractivity contribution in [1.29, 1.82) is 0 Å². The standard InChI is InChI=1S/C21H21FN4O2/c22-17-8-6-15(7-9-17)20-24-19(28-25-20)14-26-12-10-18(11-13-26)23-21(27)16-4-2-1-3-5-16/h1-9,18H,10-14H2,(H,23,27). The number of piperidine rings is 1. The first-order valence-electron chi connectivity index (χ1n) is 9.34. The first-order valence-corrected chi connectivity index (χ1v) is 9.34. The fraction of sp³-hybridized carbons (Fsp3) is 0.286. The van der Waals surface area contributed by atoms with Gasteiger partial charge in [0.2, 0.25) is 11.7 Å². The van der Waals surface area contributed by atoms with E-state index in [4.69, 9.17) is 4.52 Å². The Morgan fingerprint density at radius 3 is 2.54 bits per heavy atom. The Bertz CT molecular complexity index is 919. The largest absolute Gasteiger partial charge is 0.349 e. The Balaban J connectivity index is 1.28. The molecule has 0 unspecified atom stereocenters. The van der Waals surface area contributed by atoms with Gasteiger partial charge in [-0.15, -0.1) is 0 Å². The summed E-state index contributed by atoms with van der Waals surface area (Å²) in [5.74, 6) is 0.667. The summed E-state index contributed by atoms with van der Waals surface area (Å²) in [5.41, 5.74) is 1.41. The molecule has 1 aliphatic heterocycles. The van der Waals surface area contributed by atoms with E-state index in [0.29, 0.717) is 23.8 Å². The molecule has 144 valence electrons. The van der Waals surface area contributed by atoms with E-state index in [-0.39, 0.29) is 17.8 Å². The Morgan fingerprint density at radius 1 is 1.11 bits per heavy atom. The smallest absolute Gasteiger partial charge is 0.251 e. The SMILES string of the molecule is O=C(NC1CCN(Cc2nc(-c3ccc(F)cc3)no2)CC1)c1ccccc1. The summed E-state index contributed by atoms with van der Waals surface area (Å²) in [4.78, 5) is 18.9. The minimum absolute atomic E-state index is 0.0279. The van der Waals surface area contributed by atoms with Crippen LogP contribution in [0.25, 0.3) is 11.4 Å². The molecule has 1 aromatic heterocycles. The molecule has 1 N–H and O–H groups in total. The third-order valence-corrected chi connectivity index (χ3v) is 4.89. The van der Waals surface area contributed by atoms with Crippen LogP contribution in [0.5, 0.6) is 0 Å². The second-order valence-corrected chi connectivity index (χ2v) is 6.91. The number of likely N-dealkylation sites (tertiary alicyclic amines) is 1. The molecule has 6 nitrogen and oxygen atoms in total. The summed E-state index contributed by atoms with van der Waals surface area (Å²) in [7, 11) is 0. The molecule has 2 heterocycles. The lowest BCUT2D eigenvalue weighted by atomic mass is 10.0. The molecule has 1 amide bonds. The van der Waals surface area contributed by atoms with Gasteiger partial charge in [0, 0.05) is 30.3 Å². The monoisotopic (exact) mass is 380 g/mol. The van der Waals surface area contributed by atoms with Crippen LogP contribution < -0.4 is 5.32 Å². The van der Waals surface area contributed by atoms with Crippen molar-refractivity contribution in [2.24, 2.45) is 0 Å². The zero-order valence-electron chi connectivity index (χ0n) is 15.3. The van der Waals surface area contributed by atoms with Crippen molar-refractivity contribution in [2.45, 2.75) is 25.4 Å². The van der Waals surface area contributed by atoms with Crippen LogP contribution in [0.15, 0.2) is 59.1 Å². The van der Waals surface area contributed by atoms with Gasteiger partial charge in [-0.3, -0.25) is 9.69 Å². The lowest BCUT2D eigenvalue weighted by Crippen LogP contribution is -2.44. The van der Waals surface area contributed by atoms with E-state index in [1.165, 1.54) is 12.1 Å². The van der Waals surface area contributed by atoms with Crippen molar-refractivity contribution < 1.29 is 13.7 Å². The minimum Gasteiger partial charge on any atom is -0.349 e. The lowest BCUT2D eigenvalue weighted by Gasteiger charge is -2.31. The predicted molar refractivity (Wildman–Crippen MR) is 102 cm³/mol. The highest BCUT2D eigenvalue weighted by atomic mass is 19.1. The van der Waals surface area contributed by atoms with E-state index in [1.807, 2.05) is 30.3 Å². The number of aromatic nitrogens is 2. The average Bonchev–Trinajstić information content (AvgIpc) is 3.19. The van der Waals surface area contributed by atoms with Gasteiger partial charge in [-0.2, -0.15) is 4.98 Å². The molecule has 0 bridgehead atoms. The fourth-order valence-electron chi connectivity index (χ4n) is 3.32. The van der Waals surface area contributed by atoms with E-state index in [9.17, 15) is 9.18 Å².